The molecule has 21 heavy (non-hydrogen) atoms. The summed E-state index contributed by atoms with van der Waals surface area (Å²) in [6.07, 6.45) is 7.58. The Kier molecular flexibility index (Phi) is 5.99. The lowest BCUT2D eigenvalue weighted by molar-refractivity contribution is 0.0526. The highest BCUT2D eigenvalue weighted by Crippen LogP contribution is 2.20. The molecule has 0 spiro atoms. The summed E-state index contributed by atoms with van der Waals surface area (Å²) in [5.41, 5.74) is 0.445. The first-order valence-electron chi connectivity index (χ1n) is 7.78. The fourth-order valence-electron chi connectivity index (χ4n) is 2.64. The smallest absolute Gasteiger partial charge is 0.339 e. The lowest BCUT2D eigenvalue weighted by Gasteiger charge is -2.26. The Balaban J connectivity index is 1.96. The van der Waals surface area contributed by atoms with E-state index in [2.05, 4.69) is 10.3 Å². The topological polar surface area (TPSA) is 71.5 Å². The van der Waals surface area contributed by atoms with Crippen molar-refractivity contribution >= 4 is 11.8 Å². The number of pyridine rings is 1. The van der Waals surface area contributed by atoms with Gasteiger partial charge in [0.2, 0.25) is 0 Å². The zero-order chi connectivity index (χ0) is 15.1. The summed E-state index contributed by atoms with van der Waals surface area (Å²) in [7, 11) is 0. The van der Waals surface area contributed by atoms with E-state index in [1.807, 2.05) is 0 Å². The molecule has 5 heteroatoms. The van der Waals surface area contributed by atoms with Gasteiger partial charge >= 0.3 is 5.97 Å². The van der Waals surface area contributed by atoms with Crippen LogP contribution in [0.5, 0.6) is 0 Å². The number of ether oxygens (including phenoxy) is 1. The van der Waals surface area contributed by atoms with Gasteiger partial charge in [0, 0.05) is 6.20 Å². The molecule has 2 N–H and O–H groups in total. The third kappa shape index (κ3) is 4.70. The number of hydrogen-bond acceptors (Lipinski definition) is 5. The van der Waals surface area contributed by atoms with E-state index in [0.717, 1.165) is 25.7 Å². The van der Waals surface area contributed by atoms with Crippen LogP contribution in [0, 0.1) is 0 Å². The number of esters is 1. The Morgan fingerprint density at radius 1 is 1.33 bits per heavy atom. The van der Waals surface area contributed by atoms with Crippen LogP contribution < -0.4 is 5.32 Å². The van der Waals surface area contributed by atoms with E-state index >= 15 is 0 Å². The molecule has 1 saturated carbocycles. The summed E-state index contributed by atoms with van der Waals surface area (Å²) in [5.74, 6) is 0.329. The maximum absolute atomic E-state index is 11.6. The van der Waals surface area contributed by atoms with Gasteiger partial charge in [0.1, 0.15) is 5.82 Å². The predicted octanol–water partition coefficient (Wildman–Crippen LogP) is 2.75. The van der Waals surface area contributed by atoms with E-state index in [0.29, 0.717) is 18.0 Å². The number of aromatic nitrogens is 1. The minimum absolute atomic E-state index is 0.0336. The second-order valence-corrected chi connectivity index (χ2v) is 5.46. The first-order valence-corrected chi connectivity index (χ1v) is 7.78. The molecule has 1 aliphatic carbocycles. The summed E-state index contributed by atoms with van der Waals surface area (Å²) in [5, 5.41) is 13.5. The summed E-state index contributed by atoms with van der Waals surface area (Å²) < 4.78 is 4.93. The van der Waals surface area contributed by atoms with Gasteiger partial charge < -0.3 is 15.2 Å². The van der Waals surface area contributed by atoms with Gasteiger partial charge in [0.25, 0.3) is 0 Å². The molecule has 0 bridgehead atoms. The number of aliphatic hydroxyl groups excluding tert-OH is 1. The minimum atomic E-state index is -0.359. The Morgan fingerprint density at radius 3 is 2.76 bits per heavy atom. The van der Waals surface area contributed by atoms with Crippen molar-refractivity contribution in [1.82, 2.24) is 4.98 Å². The largest absolute Gasteiger partial charge is 0.462 e. The van der Waals surface area contributed by atoms with Crippen LogP contribution in [-0.2, 0) is 4.74 Å². The Labute approximate surface area is 125 Å². The number of nitrogens with one attached hydrogen (secondary N) is 1. The van der Waals surface area contributed by atoms with Crippen molar-refractivity contribution in [2.45, 2.75) is 57.6 Å². The third-order valence-electron chi connectivity index (χ3n) is 3.84. The summed E-state index contributed by atoms with van der Waals surface area (Å²) >= 11 is 0. The normalized spacial score (nSPS) is 23.0. The van der Waals surface area contributed by atoms with Gasteiger partial charge in [-0.3, -0.25) is 0 Å². The molecule has 1 aromatic rings. The number of carbonyl (C=O) groups is 1. The first-order chi connectivity index (χ1) is 10.2. The monoisotopic (exact) mass is 292 g/mol. The number of nitrogens with zero attached hydrogens (tertiary/aromatic N) is 1. The van der Waals surface area contributed by atoms with E-state index in [4.69, 9.17) is 4.74 Å². The number of hydrogen-bond donors (Lipinski definition) is 2. The molecule has 0 unspecified atom stereocenters. The highest BCUT2D eigenvalue weighted by Gasteiger charge is 2.20. The van der Waals surface area contributed by atoms with Crippen LogP contribution in [-0.4, -0.2) is 34.8 Å². The van der Waals surface area contributed by atoms with E-state index in [1.54, 1.807) is 19.1 Å². The van der Waals surface area contributed by atoms with E-state index < -0.39 is 0 Å². The summed E-state index contributed by atoms with van der Waals surface area (Å²) in [4.78, 5) is 15.8. The molecule has 1 heterocycles. The summed E-state index contributed by atoms with van der Waals surface area (Å²) in [6.45, 7) is 2.13. The fourth-order valence-corrected chi connectivity index (χ4v) is 2.64. The van der Waals surface area contributed by atoms with Gasteiger partial charge in [-0.05, 0) is 31.9 Å². The molecule has 1 aromatic heterocycles. The van der Waals surface area contributed by atoms with E-state index in [-0.39, 0.29) is 18.1 Å². The first kappa shape index (κ1) is 15.8. The molecule has 0 amide bonds. The standard InChI is InChI=1S/C16H24N2O3/c1-2-21-16(20)12-9-10-15(17-11-12)18-13-7-5-3-4-6-8-14(13)19/h9-11,13-14,19H,2-8H2,1H3,(H,17,18)/t13-,14-/m0/s1. The molecule has 2 rings (SSSR count). The van der Waals surface area contributed by atoms with Crippen molar-refractivity contribution in [3.63, 3.8) is 0 Å². The quantitative estimate of drug-likeness (QED) is 0.835. The van der Waals surface area contributed by atoms with Crippen LogP contribution in [0.2, 0.25) is 0 Å². The molecular weight excluding hydrogens is 268 g/mol. The van der Waals surface area contributed by atoms with Crippen molar-refractivity contribution < 1.29 is 14.6 Å². The molecule has 0 saturated heterocycles. The average Bonchev–Trinajstić information content (AvgIpc) is 2.48. The van der Waals surface area contributed by atoms with Crippen LogP contribution in [0.4, 0.5) is 5.82 Å². The highest BCUT2D eigenvalue weighted by molar-refractivity contribution is 5.89. The number of anilines is 1. The average molecular weight is 292 g/mol. The number of aliphatic hydroxyl groups is 1. The third-order valence-corrected chi connectivity index (χ3v) is 3.84. The minimum Gasteiger partial charge on any atom is -0.462 e. The van der Waals surface area contributed by atoms with Crippen molar-refractivity contribution in [3.05, 3.63) is 23.9 Å². The second kappa shape index (κ2) is 7.98. The van der Waals surface area contributed by atoms with Crippen LogP contribution in [0.1, 0.15) is 55.8 Å². The van der Waals surface area contributed by atoms with Crippen LogP contribution in [0.15, 0.2) is 18.3 Å². The van der Waals surface area contributed by atoms with Crippen molar-refractivity contribution in [2.75, 3.05) is 11.9 Å². The zero-order valence-electron chi connectivity index (χ0n) is 12.5. The van der Waals surface area contributed by atoms with Gasteiger partial charge in [-0.15, -0.1) is 0 Å². The number of carbonyl (C=O) groups excluding carboxylic acids is 1. The van der Waals surface area contributed by atoms with Crippen molar-refractivity contribution in [3.8, 4) is 0 Å². The van der Waals surface area contributed by atoms with Crippen molar-refractivity contribution in [1.29, 1.82) is 0 Å². The Hall–Kier alpha value is -1.62. The molecule has 116 valence electrons. The SMILES string of the molecule is CCOC(=O)c1ccc(N[C@H]2CCCCCC[C@@H]2O)nc1. The second-order valence-electron chi connectivity index (χ2n) is 5.46. The van der Waals surface area contributed by atoms with Crippen LogP contribution in [0.25, 0.3) is 0 Å². The lowest BCUT2D eigenvalue weighted by Crippen LogP contribution is -2.34. The zero-order valence-corrected chi connectivity index (χ0v) is 12.5. The maximum Gasteiger partial charge on any atom is 0.339 e. The Bertz CT molecular complexity index is 447. The van der Waals surface area contributed by atoms with Crippen LogP contribution in [0.3, 0.4) is 0 Å². The molecule has 0 radical (unpaired) electrons. The molecular formula is C16H24N2O3. The molecule has 1 aliphatic rings. The lowest BCUT2D eigenvalue weighted by atomic mass is 9.94. The van der Waals surface area contributed by atoms with Crippen molar-refractivity contribution in [2.24, 2.45) is 0 Å². The van der Waals surface area contributed by atoms with Gasteiger partial charge in [-0.1, -0.05) is 25.7 Å². The van der Waals surface area contributed by atoms with Crippen LogP contribution >= 0.6 is 0 Å². The maximum atomic E-state index is 11.6. The number of rotatable bonds is 4. The van der Waals surface area contributed by atoms with Gasteiger partial charge in [0.05, 0.1) is 24.3 Å². The molecule has 5 nitrogen and oxygen atoms in total. The molecule has 2 atom stereocenters. The highest BCUT2D eigenvalue weighted by atomic mass is 16.5. The molecule has 1 fully saturated rings. The van der Waals surface area contributed by atoms with Gasteiger partial charge in [0.15, 0.2) is 0 Å². The van der Waals surface area contributed by atoms with E-state index in [1.165, 1.54) is 19.0 Å². The summed E-state index contributed by atoms with van der Waals surface area (Å²) in [6, 6.07) is 3.49. The predicted molar refractivity (Wildman–Crippen MR) is 81.3 cm³/mol. The van der Waals surface area contributed by atoms with E-state index in [9.17, 15) is 9.90 Å². The van der Waals surface area contributed by atoms with Gasteiger partial charge in [-0.2, -0.15) is 0 Å². The van der Waals surface area contributed by atoms with Gasteiger partial charge in [-0.25, -0.2) is 9.78 Å². The fraction of sp³-hybridized carbons (Fsp3) is 0.625. The molecule has 0 aromatic carbocycles. The Morgan fingerprint density at radius 2 is 2.10 bits per heavy atom. The molecule has 0 aliphatic heterocycles.